The van der Waals surface area contributed by atoms with E-state index in [1.165, 1.54) is 12.8 Å². The molecular weight excluding hydrogens is 212 g/mol. The van der Waals surface area contributed by atoms with Crippen molar-refractivity contribution in [2.45, 2.75) is 50.3 Å². The molecule has 2 fully saturated rings. The molecule has 0 radical (unpaired) electrons. The Morgan fingerprint density at radius 3 is 2.35 bits per heavy atom. The molecule has 2 aliphatic heterocycles. The van der Waals surface area contributed by atoms with Gasteiger partial charge in [0.1, 0.15) is 11.4 Å². The SMILES string of the molecule is CC1(Oc2ccc(N)cc2)CC2CCC(C1)N2. The quantitative estimate of drug-likeness (QED) is 0.769. The lowest BCUT2D eigenvalue weighted by atomic mass is 9.89. The first-order valence-electron chi connectivity index (χ1n) is 6.44. The van der Waals surface area contributed by atoms with Gasteiger partial charge in [-0.3, -0.25) is 0 Å². The van der Waals surface area contributed by atoms with Crippen molar-refractivity contribution in [2.75, 3.05) is 5.73 Å². The van der Waals surface area contributed by atoms with Crippen LogP contribution in [0.15, 0.2) is 24.3 Å². The van der Waals surface area contributed by atoms with E-state index >= 15 is 0 Å². The van der Waals surface area contributed by atoms with Crippen molar-refractivity contribution >= 4 is 5.69 Å². The number of fused-ring (bicyclic) bond motifs is 2. The third-order valence-electron chi connectivity index (χ3n) is 3.94. The predicted octanol–water partition coefficient (Wildman–Crippen LogP) is 2.32. The summed E-state index contributed by atoms with van der Waals surface area (Å²) in [7, 11) is 0. The van der Waals surface area contributed by atoms with Gasteiger partial charge in [-0.05, 0) is 44.0 Å². The minimum absolute atomic E-state index is 0.0206. The second kappa shape index (κ2) is 3.91. The Balaban J connectivity index is 1.73. The molecule has 1 aromatic carbocycles. The summed E-state index contributed by atoms with van der Waals surface area (Å²) in [6.45, 7) is 2.23. The number of hydrogen-bond donors (Lipinski definition) is 2. The van der Waals surface area contributed by atoms with E-state index in [9.17, 15) is 0 Å². The average Bonchev–Trinajstić information content (AvgIpc) is 2.62. The first-order chi connectivity index (χ1) is 8.13. The van der Waals surface area contributed by atoms with Gasteiger partial charge in [-0.2, -0.15) is 0 Å². The summed E-state index contributed by atoms with van der Waals surface area (Å²) in [6.07, 6.45) is 4.80. The van der Waals surface area contributed by atoms with Crippen LogP contribution in [0.4, 0.5) is 5.69 Å². The fourth-order valence-corrected chi connectivity index (χ4v) is 3.25. The van der Waals surface area contributed by atoms with Crippen LogP contribution in [0, 0.1) is 0 Å². The van der Waals surface area contributed by atoms with E-state index in [1.807, 2.05) is 24.3 Å². The molecule has 0 aliphatic carbocycles. The van der Waals surface area contributed by atoms with Crippen molar-refractivity contribution in [3.63, 3.8) is 0 Å². The van der Waals surface area contributed by atoms with Crippen LogP contribution in [0.5, 0.6) is 5.75 Å². The van der Waals surface area contributed by atoms with Crippen LogP contribution >= 0.6 is 0 Å². The highest BCUT2D eigenvalue weighted by atomic mass is 16.5. The second-order valence-electron chi connectivity index (χ2n) is 5.67. The Bertz CT molecular complexity index is 389. The van der Waals surface area contributed by atoms with E-state index in [4.69, 9.17) is 10.5 Å². The van der Waals surface area contributed by atoms with Crippen LogP contribution in [0.25, 0.3) is 0 Å². The number of hydrogen-bond acceptors (Lipinski definition) is 3. The topological polar surface area (TPSA) is 47.3 Å². The molecule has 17 heavy (non-hydrogen) atoms. The van der Waals surface area contributed by atoms with Gasteiger partial charge in [-0.15, -0.1) is 0 Å². The minimum atomic E-state index is -0.0206. The van der Waals surface area contributed by atoms with Gasteiger partial charge < -0.3 is 15.8 Å². The summed E-state index contributed by atoms with van der Waals surface area (Å²) in [6, 6.07) is 9.01. The molecular formula is C14H20N2O. The molecule has 3 nitrogen and oxygen atoms in total. The Kier molecular flexibility index (Phi) is 2.51. The predicted molar refractivity (Wildman–Crippen MR) is 69.1 cm³/mol. The number of nitrogens with one attached hydrogen (secondary N) is 1. The van der Waals surface area contributed by atoms with E-state index in [1.54, 1.807) is 0 Å². The van der Waals surface area contributed by atoms with E-state index in [-0.39, 0.29) is 5.60 Å². The minimum Gasteiger partial charge on any atom is -0.487 e. The number of rotatable bonds is 2. The van der Waals surface area contributed by atoms with Gasteiger partial charge in [0.05, 0.1) is 0 Å². The fourth-order valence-electron chi connectivity index (χ4n) is 3.25. The van der Waals surface area contributed by atoms with E-state index in [0.29, 0.717) is 12.1 Å². The van der Waals surface area contributed by atoms with Gasteiger partial charge in [-0.1, -0.05) is 0 Å². The number of ether oxygens (including phenoxy) is 1. The molecule has 0 amide bonds. The Labute approximate surface area is 102 Å². The normalized spacial score (nSPS) is 35.8. The van der Waals surface area contributed by atoms with Gasteiger partial charge in [0, 0.05) is 30.6 Å². The molecule has 2 heterocycles. The van der Waals surface area contributed by atoms with Crippen molar-refractivity contribution in [3.8, 4) is 5.75 Å². The van der Waals surface area contributed by atoms with Crippen LogP contribution in [0.3, 0.4) is 0 Å². The smallest absolute Gasteiger partial charge is 0.120 e. The van der Waals surface area contributed by atoms with Crippen molar-refractivity contribution in [1.82, 2.24) is 5.32 Å². The molecule has 92 valence electrons. The van der Waals surface area contributed by atoms with Crippen molar-refractivity contribution in [1.29, 1.82) is 0 Å². The molecule has 3 rings (SSSR count). The van der Waals surface area contributed by atoms with Crippen molar-refractivity contribution in [2.24, 2.45) is 0 Å². The summed E-state index contributed by atoms with van der Waals surface area (Å²) >= 11 is 0. The molecule has 0 saturated carbocycles. The van der Waals surface area contributed by atoms with E-state index in [0.717, 1.165) is 24.3 Å². The lowest BCUT2D eigenvalue weighted by Gasteiger charge is -2.38. The fraction of sp³-hybridized carbons (Fsp3) is 0.571. The van der Waals surface area contributed by atoms with Gasteiger partial charge in [0.15, 0.2) is 0 Å². The largest absolute Gasteiger partial charge is 0.487 e. The Morgan fingerprint density at radius 2 is 1.76 bits per heavy atom. The third-order valence-corrected chi connectivity index (χ3v) is 3.94. The molecule has 2 bridgehead atoms. The number of nitrogens with two attached hydrogens (primary N) is 1. The highest BCUT2D eigenvalue weighted by Crippen LogP contribution is 2.36. The lowest BCUT2D eigenvalue weighted by Crippen LogP contribution is -2.49. The molecule has 3 N–H and O–H groups in total. The zero-order valence-electron chi connectivity index (χ0n) is 10.3. The number of anilines is 1. The van der Waals surface area contributed by atoms with Crippen LogP contribution in [0.1, 0.15) is 32.6 Å². The van der Waals surface area contributed by atoms with Crippen LogP contribution in [-0.4, -0.2) is 17.7 Å². The maximum absolute atomic E-state index is 6.18. The van der Waals surface area contributed by atoms with Crippen LogP contribution in [0.2, 0.25) is 0 Å². The molecule has 1 aromatic rings. The summed E-state index contributed by atoms with van der Waals surface area (Å²) in [5.41, 5.74) is 6.45. The molecule has 2 aliphatic rings. The first-order valence-corrected chi connectivity index (χ1v) is 6.44. The molecule has 0 spiro atoms. The van der Waals surface area contributed by atoms with Gasteiger partial charge in [0.2, 0.25) is 0 Å². The summed E-state index contributed by atoms with van der Waals surface area (Å²) in [5, 5.41) is 3.64. The molecule has 2 atom stereocenters. The Morgan fingerprint density at radius 1 is 1.18 bits per heavy atom. The number of benzene rings is 1. The maximum atomic E-state index is 6.18. The molecule has 0 aromatic heterocycles. The van der Waals surface area contributed by atoms with E-state index in [2.05, 4.69) is 12.2 Å². The number of piperidine rings is 1. The summed E-state index contributed by atoms with van der Waals surface area (Å²) in [5.74, 6) is 0.933. The summed E-state index contributed by atoms with van der Waals surface area (Å²) < 4.78 is 6.18. The molecule has 2 saturated heterocycles. The highest BCUT2D eigenvalue weighted by Gasteiger charge is 2.42. The monoisotopic (exact) mass is 232 g/mol. The van der Waals surface area contributed by atoms with Gasteiger partial charge in [-0.25, -0.2) is 0 Å². The molecule has 2 unspecified atom stereocenters. The zero-order valence-corrected chi connectivity index (χ0v) is 10.3. The van der Waals surface area contributed by atoms with Gasteiger partial charge >= 0.3 is 0 Å². The standard InChI is InChI=1S/C14H20N2O/c1-14(8-11-4-5-12(9-14)16-11)17-13-6-2-10(15)3-7-13/h2-3,6-7,11-12,16H,4-5,8-9,15H2,1H3. The Hall–Kier alpha value is -1.22. The summed E-state index contributed by atoms with van der Waals surface area (Å²) in [4.78, 5) is 0. The van der Waals surface area contributed by atoms with E-state index < -0.39 is 0 Å². The first kappa shape index (κ1) is 10.9. The zero-order chi connectivity index (χ0) is 11.9. The van der Waals surface area contributed by atoms with Crippen LogP contribution < -0.4 is 15.8 Å². The maximum Gasteiger partial charge on any atom is 0.120 e. The highest BCUT2D eigenvalue weighted by molar-refractivity contribution is 5.41. The average molecular weight is 232 g/mol. The van der Waals surface area contributed by atoms with Crippen LogP contribution in [-0.2, 0) is 0 Å². The second-order valence-corrected chi connectivity index (χ2v) is 5.67. The third kappa shape index (κ3) is 2.25. The number of nitrogen functional groups attached to an aromatic ring is 1. The van der Waals surface area contributed by atoms with Gasteiger partial charge in [0.25, 0.3) is 0 Å². The lowest BCUT2D eigenvalue weighted by molar-refractivity contribution is 0.0362. The molecule has 3 heteroatoms. The van der Waals surface area contributed by atoms with Crippen molar-refractivity contribution < 1.29 is 4.74 Å². The van der Waals surface area contributed by atoms with Crippen molar-refractivity contribution in [3.05, 3.63) is 24.3 Å².